The molecule has 7 nitrogen and oxygen atoms in total. The third kappa shape index (κ3) is 3.34. The van der Waals surface area contributed by atoms with Gasteiger partial charge in [0.15, 0.2) is 5.65 Å². The first-order chi connectivity index (χ1) is 14.3. The van der Waals surface area contributed by atoms with Crippen LogP contribution in [0.25, 0.3) is 11.0 Å². The van der Waals surface area contributed by atoms with Gasteiger partial charge >= 0.3 is 0 Å². The molecule has 2 N–H and O–H groups in total. The second-order valence-electron chi connectivity index (χ2n) is 8.12. The molecule has 1 atom stereocenters. The smallest absolute Gasteiger partial charge is 0.240 e. The lowest BCUT2D eigenvalue weighted by Crippen LogP contribution is -2.51. The molecule has 156 valence electrons. The highest BCUT2D eigenvalue weighted by Gasteiger charge is 2.33. The molecule has 0 saturated carbocycles. The van der Waals surface area contributed by atoms with Crippen LogP contribution in [0.3, 0.4) is 0 Å². The van der Waals surface area contributed by atoms with Gasteiger partial charge in [-0.05, 0) is 49.4 Å². The van der Waals surface area contributed by atoms with Gasteiger partial charge in [0, 0.05) is 37.5 Å². The molecule has 0 spiro atoms. The van der Waals surface area contributed by atoms with Crippen LogP contribution >= 0.6 is 0 Å². The van der Waals surface area contributed by atoms with Gasteiger partial charge < -0.3 is 10.6 Å². The van der Waals surface area contributed by atoms with Crippen LogP contribution < -0.4 is 5.73 Å². The highest BCUT2D eigenvalue weighted by molar-refractivity contribution is 5.88. The van der Waals surface area contributed by atoms with Crippen molar-refractivity contribution in [2.24, 2.45) is 12.8 Å². The molecule has 0 bridgehead atoms. The number of benzene rings is 1. The van der Waals surface area contributed by atoms with Crippen molar-refractivity contribution in [2.45, 2.75) is 52.6 Å². The number of primary amides is 1. The number of nitrogens with two attached hydrogens (primary N) is 1. The standard InChI is InChI=1S/C23H27N5O2/c1-13-18(14(2)25-23-21(13)15(3)26-27(23)4)9-10-20(29)28-12-17-8-6-5-7-16(17)11-19(28)22(24)30/h5-8,19H,9-12H2,1-4H3,(H2,24,30)/t19-/m0/s1. The Labute approximate surface area is 175 Å². The van der Waals surface area contributed by atoms with Crippen LogP contribution in [0.2, 0.25) is 0 Å². The van der Waals surface area contributed by atoms with Gasteiger partial charge in [-0.1, -0.05) is 24.3 Å². The first kappa shape index (κ1) is 20.1. The van der Waals surface area contributed by atoms with Crippen molar-refractivity contribution < 1.29 is 9.59 Å². The summed E-state index contributed by atoms with van der Waals surface area (Å²) in [7, 11) is 1.89. The molecule has 0 aliphatic carbocycles. The summed E-state index contributed by atoms with van der Waals surface area (Å²) in [5.41, 5.74) is 12.7. The van der Waals surface area contributed by atoms with Crippen LogP contribution in [-0.2, 0) is 36.0 Å². The third-order valence-electron chi connectivity index (χ3n) is 6.22. The van der Waals surface area contributed by atoms with Crippen molar-refractivity contribution in [1.29, 1.82) is 0 Å². The van der Waals surface area contributed by atoms with Crippen LogP contribution in [-0.4, -0.2) is 37.5 Å². The molecule has 30 heavy (non-hydrogen) atoms. The van der Waals surface area contributed by atoms with E-state index in [0.29, 0.717) is 25.8 Å². The summed E-state index contributed by atoms with van der Waals surface area (Å²) < 4.78 is 1.79. The number of nitrogens with zero attached hydrogens (tertiary/aromatic N) is 4. The average Bonchev–Trinajstić information content (AvgIpc) is 2.99. The van der Waals surface area contributed by atoms with Crippen LogP contribution in [0.15, 0.2) is 24.3 Å². The van der Waals surface area contributed by atoms with Crippen molar-refractivity contribution in [3.05, 3.63) is 57.9 Å². The predicted octanol–water partition coefficient (Wildman–Crippen LogP) is 2.26. The summed E-state index contributed by atoms with van der Waals surface area (Å²) in [5, 5.41) is 5.53. The van der Waals surface area contributed by atoms with Gasteiger partial charge in [0.05, 0.1) is 5.69 Å². The number of carbonyl (C=O) groups excluding carboxylic acids is 2. The zero-order valence-corrected chi connectivity index (χ0v) is 17.9. The second kappa shape index (κ2) is 7.55. The average molecular weight is 406 g/mol. The molecule has 2 aromatic heterocycles. The summed E-state index contributed by atoms with van der Waals surface area (Å²) >= 11 is 0. The normalized spacial score (nSPS) is 16.0. The van der Waals surface area contributed by atoms with Crippen molar-refractivity contribution in [1.82, 2.24) is 19.7 Å². The SMILES string of the molecule is Cc1nc2c(c(C)nn2C)c(C)c1CCC(=O)N1Cc2ccccc2C[C@H]1C(N)=O. The lowest BCUT2D eigenvalue weighted by Gasteiger charge is -2.35. The molecule has 2 amide bonds. The molecule has 3 aromatic rings. The van der Waals surface area contributed by atoms with Gasteiger partial charge in [0.2, 0.25) is 11.8 Å². The van der Waals surface area contributed by atoms with E-state index in [9.17, 15) is 9.59 Å². The maximum atomic E-state index is 13.1. The van der Waals surface area contributed by atoms with E-state index in [4.69, 9.17) is 10.7 Å². The van der Waals surface area contributed by atoms with E-state index < -0.39 is 11.9 Å². The first-order valence-corrected chi connectivity index (χ1v) is 10.2. The Morgan fingerprint density at radius 3 is 2.53 bits per heavy atom. The largest absolute Gasteiger partial charge is 0.368 e. The molecule has 0 saturated heterocycles. The van der Waals surface area contributed by atoms with Crippen molar-refractivity contribution >= 4 is 22.8 Å². The number of pyridine rings is 1. The van der Waals surface area contributed by atoms with Gasteiger partial charge in [-0.3, -0.25) is 14.3 Å². The quantitative estimate of drug-likeness (QED) is 0.720. The molecular weight excluding hydrogens is 378 g/mol. The van der Waals surface area contributed by atoms with E-state index in [2.05, 4.69) is 12.0 Å². The van der Waals surface area contributed by atoms with Gasteiger partial charge in [-0.25, -0.2) is 4.98 Å². The number of aromatic nitrogens is 3. The van der Waals surface area contributed by atoms with E-state index >= 15 is 0 Å². The summed E-state index contributed by atoms with van der Waals surface area (Å²) in [6, 6.07) is 7.30. The topological polar surface area (TPSA) is 94.1 Å². The van der Waals surface area contributed by atoms with Crippen molar-refractivity contribution in [3.8, 4) is 0 Å². The minimum atomic E-state index is -0.601. The fourth-order valence-electron chi connectivity index (χ4n) is 4.65. The number of rotatable bonds is 4. The molecule has 1 aliphatic rings. The van der Waals surface area contributed by atoms with Gasteiger partial charge in [0.1, 0.15) is 6.04 Å². The molecule has 7 heteroatoms. The second-order valence-corrected chi connectivity index (χ2v) is 8.12. The molecular formula is C23H27N5O2. The number of aryl methyl sites for hydroxylation is 4. The maximum absolute atomic E-state index is 13.1. The van der Waals surface area contributed by atoms with E-state index in [0.717, 1.165) is 44.7 Å². The fourth-order valence-corrected chi connectivity index (χ4v) is 4.65. The Hall–Kier alpha value is -3.22. The number of amides is 2. The van der Waals surface area contributed by atoms with E-state index in [1.807, 2.05) is 45.2 Å². The predicted molar refractivity (Wildman–Crippen MR) is 115 cm³/mol. The van der Waals surface area contributed by atoms with Crippen LogP contribution in [0, 0.1) is 20.8 Å². The molecule has 0 unspecified atom stereocenters. The minimum Gasteiger partial charge on any atom is -0.368 e. The lowest BCUT2D eigenvalue weighted by atomic mass is 9.92. The monoisotopic (exact) mass is 405 g/mol. The van der Waals surface area contributed by atoms with Crippen molar-refractivity contribution in [2.75, 3.05) is 0 Å². The third-order valence-corrected chi connectivity index (χ3v) is 6.22. The number of fused-ring (bicyclic) bond motifs is 2. The van der Waals surface area contributed by atoms with E-state index in [-0.39, 0.29) is 5.91 Å². The Morgan fingerprint density at radius 2 is 1.83 bits per heavy atom. The first-order valence-electron chi connectivity index (χ1n) is 10.2. The molecule has 3 heterocycles. The molecule has 1 aliphatic heterocycles. The van der Waals surface area contributed by atoms with Crippen LogP contribution in [0.1, 0.15) is 40.1 Å². The van der Waals surface area contributed by atoms with Crippen molar-refractivity contribution in [3.63, 3.8) is 0 Å². The zero-order valence-electron chi connectivity index (χ0n) is 17.9. The summed E-state index contributed by atoms with van der Waals surface area (Å²) in [4.78, 5) is 31.5. The summed E-state index contributed by atoms with van der Waals surface area (Å²) in [5.74, 6) is -0.519. The Bertz CT molecular complexity index is 1160. The summed E-state index contributed by atoms with van der Waals surface area (Å²) in [6.07, 6.45) is 1.34. The summed E-state index contributed by atoms with van der Waals surface area (Å²) in [6.45, 7) is 6.43. The Kier molecular flexibility index (Phi) is 5.05. The molecule has 4 rings (SSSR count). The minimum absolute atomic E-state index is 0.0601. The molecule has 0 radical (unpaired) electrons. The highest BCUT2D eigenvalue weighted by Crippen LogP contribution is 2.28. The molecule has 0 fully saturated rings. The fraction of sp³-hybridized carbons (Fsp3) is 0.391. The van der Waals surface area contributed by atoms with Gasteiger partial charge in [-0.15, -0.1) is 0 Å². The Balaban J connectivity index is 1.59. The van der Waals surface area contributed by atoms with E-state index in [1.165, 1.54) is 0 Å². The number of hydrogen-bond donors (Lipinski definition) is 1. The maximum Gasteiger partial charge on any atom is 0.240 e. The van der Waals surface area contributed by atoms with E-state index in [1.54, 1.807) is 9.58 Å². The number of carbonyl (C=O) groups is 2. The van der Waals surface area contributed by atoms with Gasteiger partial charge in [0.25, 0.3) is 0 Å². The highest BCUT2D eigenvalue weighted by atomic mass is 16.2. The molecule has 1 aromatic carbocycles. The van der Waals surface area contributed by atoms with Crippen LogP contribution in [0.4, 0.5) is 0 Å². The number of hydrogen-bond acceptors (Lipinski definition) is 4. The Morgan fingerprint density at radius 1 is 1.13 bits per heavy atom. The lowest BCUT2D eigenvalue weighted by molar-refractivity contribution is -0.140. The van der Waals surface area contributed by atoms with Crippen LogP contribution in [0.5, 0.6) is 0 Å². The zero-order chi connectivity index (χ0) is 21.6. The van der Waals surface area contributed by atoms with Gasteiger partial charge in [-0.2, -0.15) is 5.10 Å².